The minimum absolute atomic E-state index is 0.0664. The summed E-state index contributed by atoms with van der Waals surface area (Å²) in [5.74, 6) is -0.706. The molecule has 0 bridgehead atoms. The van der Waals surface area contributed by atoms with Crippen LogP contribution >= 0.6 is 11.3 Å². The number of amides is 1. The number of rotatable bonds is 5. The van der Waals surface area contributed by atoms with Gasteiger partial charge in [-0.2, -0.15) is 5.10 Å². The molecule has 100 valence electrons. The third-order valence-corrected chi connectivity index (χ3v) is 3.41. The van der Waals surface area contributed by atoms with Crippen LogP contribution in [0.5, 0.6) is 0 Å². The molecule has 8 heteroatoms. The van der Waals surface area contributed by atoms with Gasteiger partial charge in [-0.1, -0.05) is 6.07 Å². The van der Waals surface area contributed by atoms with E-state index in [1.807, 2.05) is 17.5 Å². The fourth-order valence-electron chi connectivity index (χ4n) is 1.50. The van der Waals surface area contributed by atoms with Crippen LogP contribution in [-0.2, 0) is 9.53 Å². The van der Waals surface area contributed by atoms with Crippen molar-refractivity contribution in [3.63, 3.8) is 0 Å². The molecule has 2 aromatic heterocycles. The van der Waals surface area contributed by atoms with E-state index >= 15 is 0 Å². The van der Waals surface area contributed by atoms with Crippen LogP contribution in [0.25, 0.3) is 0 Å². The summed E-state index contributed by atoms with van der Waals surface area (Å²) in [5, 5.41) is 10.7. The topological polar surface area (TPSA) is 97.0 Å². The number of carbonyl (C=O) groups excluding carboxylic acids is 2. The van der Waals surface area contributed by atoms with Crippen molar-refractivity contribution in [1.82, 2.24) is 20.5 Å². The second kappa shape index (κ2) is 6.10. The monoisotopic (exact) mass is 280 g/mol. The quantitative estimate of drug-likeness (QED) is 0.793. The number of aromatic amines is 1. The van der Waals surface area contributed by atoms with Crippen LogP contribution in [-0.4, -0.2) is 34.2 Å². The van der Waals surface area contributed by atoms with Crippen molar-refractivity contribution in [1.29, 1.82) is 0 Å². The van der Waals surface area contributed by atoms with E-state index in [-0.39, 0.29) is 12.2 Å². The number of carbonyl (C=O) groups is 2. The highest BCUT2D eigenvalue weighted by Crippen LogP contribution is 2.22. The second-order valence-electron chi connectivity index (χ2n) is 3.66. The number of hydrogen-bond donors (Lipinski definition) is 2. The first-order valence-corrected chi connectivity index (χ1v) is 6.35. The zero-order chi connectivity index (χ0) is 13.7. The molecular formula is C11H12N4O3S. The molecule has 2 N–H and O–H groups in total. The Balaban J connectivity index is 2.10. The van der Waals surface area contributed by atoms with E-state index in [4.69, 9.17) is 0 Å². The fourth-order valence-corrected chi connectivity index (χ4v) is 2.28. The highest BCUT2D eigenvalue weighted by atomic mass is 32.1. The van der Waals surface area contributed by atoms with Gasteiger partial charge in [-0.15, -0.1) is 11.3 Å². The Labute approximate surface area is 113 Å². The zero-order valence-corrected chi connectivity index (χ0v) is 10.9. The number of methoxy groups -OCH3 is 1. The molecule has 2 rings (SSSR count). The van der Waals surface area contributed by atoms with Crippen LogP contribution in [0.15, 0.2) is 23.8 Å². The largest absolute Gasteiger partial charge is 0.469 e. The van der Waals surface area contributed by atoms with Crippen LogP contribution in [0.4, 0.5) is 0 Å². The predicted octanol–water partition coefficient (Wildman–Crippen LogP) is 0.900. The van der Waals surface area contributed by atoms with Crippen molar-refractivity contribution in [3.8, 4) is 0 Å². The Morgan fingerprint density at radius 3 is 3.00 bits per heavy atom. The van der Waals surface area contributed by atoms with Crippen molar-refractivity contribution in [2.24, 2.45) is 0 Å². The first-order valence-electron chi connectivity index (χ1n) is 5.47. The van der Waals surface area contributed by atoms with Gasteiger partial charge in [0.2, 0.25) is 5.82 Å². The highest BCUT2D eigenvalue weighted by molar-refractivity contribution is 7.10. The Morgan fingerprint density at radius 1 is 1.58 bits per heavy atom. The molecule has 0 spiro atoms. The third-order valence-electron chi connectivity index (χ3n) is 2.42. The fraction of sp³-hybridized carbons (Fsp3) is 0.273. The van der Waals surface area contributed by atoms with Crippen molar-refractivity contribution >= 4 is 23.2 Å². The molecule has 0 radical (unpaired) electrons. The number of nitrogens with one attached hydrogen (secondary N) is 2. The molecule has 7 nitrogen and oxygen atoms in total. The van der Waals surface area contributed by atoms with Crippen LogP contribution in [0.3, 0.4) is 0 Å². The van der Waals surface area contributed by atoms with Gasteiger partial charge in [0.1, 0.15) is 6.33 Å². The molecule has 0 saturated carbocycles. The molecule has 0 aliphatic carbocycles. The maximum atomic E-state index is 11.9. The minimum atomic E-state index is -0.440. The summed E-state index contributed by atoms with van der Waals surface area (Å²) in [6, 6.07) is 3.26. The Morgan fingerprint density at radius 2 is 2.42 bits per heavy atom. The first kappa shape index (κ1) is 13.2. The van der Waals surface area contributed by atoms with Crippen molar-refractivity contribution in [3.05, 3.63) is 34.5 Å². The molecule has 1 unspecified atom stereocenters. The van der Waals surface area contributed by atoms with Gasteiger partial charge in [0, 0.05) is 4.88 Å². The number of hydrogen-bond acceptors (Lipinski definition) is 6. The molecule has 1 amide bonds. The summed E-state index contributed by atoms with van der Waals surface area (Å²) in [7, 11) is 1.31. The van der Waals surface area contributed by atoms with Gasteiger partial charge in [-0.25, -0.2) is 4.98 Å². The number of aromatic nitrogens is 3. The lowest BCUT2D eigenvalue weighted by Gasteiger charge is -2.15. The van der Waals surface area contributed by atoms with Gasteiger partial charge < -0.3 is 10.1 Å². The van der Waals surface area contributed by atoms with E-state index in [1.165, 1.54) is 24.8 Å². The molecule has 1 atom stereocenters. The Hall–Kier alpha value is -2.22. The Kier molecular flexibility index (Phi) is 4.24. The highest BCUT2D eigenvalue weighted by Gasteiger charge is 2.21. The molecule has 2 aromatic rings. The van der Waals surface area contributed by atoms with Gasteiger partial charge >= 0.3 is 5.97 Å². The van der Waals surface area contributed by atoms with Crippen molar-refractivity contribution in [2.75, 3.05) is 7.11 Å². The lowest BCUT2D eigenvalue weighted by Crippen LogP contribution is -2.30. The van der Waals surface area contributed by atoms with Gasteiger partial charge in [-0.05, 0) is 11.4 Å². The number of esters is 1. The normalized spacial score (nSPS) is 11.8. The van der Waals surface area contributed by atoms with Crippen LogP contribution in [0.2, 0.25) is 0 Å². The number of ether oxygens (including phenoxy) is 1. The van der Waals surface area contributed by atoms with E-state index in [1.54, 1.807) is 0 Å². The summed E-state index contributed by atoms with van der Waals surface area (Å²) in [4.78, 5) is 27.9. The molecule has 0 aromatic carbocycles. The third kappa shape index (κ3) is 3.38. The van der Waals surface area contributed by atoms with Gasteiger partial charge in [0.05, 0.1) is 19.6 Å². The lowest BCUT2D eigenvalue weighted by atomic mass is 10.1. The van der Waals surface area contributed by atoms with E-state index in [9.17, 15) is 9.59 Å². The lowest BCUT2D eigenvalue weighted by molar-refractivity contribution is -0.141. The second-order valence-corrected chi connectivity index (χ2v) is 4.64. The smallest absolute Gasteiger partial charge is 0.307 e. The van der Waals surface area contributed by atoms with Gasteiger partial charge in [0.25, 0.3) is 5.91 Å². The molecular weight excluding hydrogens is 268 g/mol. The summed E-state index contributed by atoms with van der Waals surface area (Å²) in [6.45, 7) is 0. The average Bonchev–Trinajstić information content (AvgIpc) is 3.10. The molecule has 0 aliphatic rings. The van der Waals surface area contributed by atoms with E-state index in [2.05, 4.69) is 25.2 Å². The molecule has 0 aliphatic heterocycles. The standard InChI is InChI=1S/C11H12N4O3S/c1-18-9(16)5-7(8-3-2-4-19-8)14-11(17)10-12-6-13-15-10/h2-4,6-7H,5H2,1H3,(H,14,17)(H,12,13,15). The maximum absolute atomic E-state index is 11.9. The number of thiophene rings is 1. The summed E-state index contributed by atoms with van der Waals surface area (Å²) < 4.78 is 4.63. The zero-order valence-electron chi connectivity index (χ0n) is 10.1. The molecule has 2 heterocycles. The van der Waals surface area contributed by atoms with E-state index < -0.39 is 17.9 Å². The maximum Gasteiger partial charge on any atom is 0.307 e. The van der Waals surface area contributed by atoms with Crippen molar-refractivity contribution < 1.29 is 14.3 Å². The van der Waals surface area contributed by atoms with E-state index in [0.29, 0.717) is 0 Å². The van der Waals surface area contributed by atoms with Gasteiger partial charge in [0.15, 0.2) is 0 Å². The van der Waals surface area contributed by atoms with Crippen LogP contribution < -0.4 is 5.32 Å². The Bertz CT molecular complexity index is 538. The number of nitrogens with zero attached hydrogens (tertiary/aromatic N) is 2. The number of H-pyrrole nitrogens is 1. The average molecular weight is 280 g/mol. The summed E-state index contributed by atoms with van der Waals surface area (Å²) >= 11 is 1.45. The molecule has 0 saturated heterocycles. The first-order chi connectivity index (χ1) is 9.20. The summed E-state index contributed by atoms with van der Waals surface area (Å²) in [6.07, 6.45) is 1.31. The van der Waals surface area contributed by atoms with Crippen LogP contribution in [0.1, 0.15) is 28.0 Å². The van der Waals surface area contributed by atoms with Crippen LogP contribution in [0, 0.1) is 0 Å². The SMILES string of the molecule is COC(=O)CC(NC(=O)c1ncn[nH]1)c1cccs1. The van der Waals surface area contributed by atoms with Gasteiger partial charge in [-0.3, -0.25) is 14.7 Å². The van der Waals surface area contributed by atoms with Crippen molar-refractivity contribution in [2.45, 2.75) is 12.5 Å². The molecule has 19 heavy (non-hydrogen) atoms. The minimum Gasteiger partial charge on any atom is -0.469 e. The van der Waals surface area contributed by atoms with E-state index in [0.717, 1.165) is 4.88 Å². The molecule has 0 fully saturated rings. The summed E-state index contributed by atoms with van der Waals surface area (Å²) in [5.41, 5.74) is 0. The predicted molar refractivity (Wildman–Crippen MR) is 67.5 cm³/mol.